The van der Waals surface area contributed by atoms with E-state index in [0.717, 1.165) is 11.1 Å². The molecular weight excluding hydrogens is 342 g/mol. The molecule has 0 atom stereocenters. The number of amides is 1. The predicted octanol–water partition coefficient (Wildman–Crippen LogP) is 3.11. The minimum Gasteiger partial charge on any atom is -0.484 e. The van der Waals surface area contributed by atoms with Crippen molar-refractivity contribution >= 4 is 11.9 Å². The number of hydrogen-bond donors (Lipinski definition) is 0. The monoisotopic (exact) mass is 367 g/mol. The number of carbonyl (C=O) groups excluding carboxylic acids is 2. The molecule has 0 unspecified atom stereocenters. The van der Waals surface area contributed by atoms with Crippen molar-refractivity contribution in [3.05, 3.63) is 65.7 Å². The number of aryl methyl sites for hydroxylation is 1. The molecule has 3 rings (SSSR count). The van der Waals surface area contributed by atoms with Crippen LogP contribution in [0.4, 0.5) is 0 Å². The number of rotatable bonds is 5. The van der Waals surface area contributed by atoms with Gasteiger partial charge in [-0.25, -0.2) is 0 Å². The Morgan fingerprint density at radius 2 is 1.63 bits per heavy atom. The Morgan fingerprint density at radius 1 is 1.00 bits per heavy atom. The molecule has 0 bridgehead atoms. The van der Waals surface area contributed by atoms with Crippen molar-refractivity contribution in [3.63, 3.8) is 0 Å². The highest BCUT2D eigenvalue weighted by Gasteiger charge is 2.44. The Kier molecular flexibility index (Phi) is 5.79. The number of methoxy groups -OCH3 is 1. The first-order chi connectivity index (χ1) is 13.0. The highest BCUT2D eigenvalue weighted by atomic mass is 16.5. The van der Waals surface area contributed by atoms with Crippen molar-refractivity contribution in [2.24, 2.45) is 0 Å². The van der Waals surface area contributed by atoms with Crippen molar-refractivity contribution in [2.75, 3.05) is 26.8 Å². The molecule has 1 heterocycles. The maximum atomic E-state index is 12.6. The third-order valence-corrected chi connectivity index (χ3v) is 5.26. The second kappa shape index (κ2) is 8.25. The summed E-state index contributed by atoms with van der Waals surface area (Å²) < 4.78 is 10.7. The van der Waals surface area contributed by atoms with Gasteiger partial charge in [0.1, 0.15) is 5.75 Å². The Morgan fingerprint density at radius 3 is 2.22 bits per heavy atom. The van der Waals surface area contributed by atoms with Crippen molar-refractivity contribution in [2.45, 2.75) is 25.2 Å². The third-order valence-electron chi connectivity index (χ3n) is 5.26. The van der Waals surface area contributed by atoms with Gasteiger partial charge in [0.2, 0.25) is 0 Å². The van der Waals surface area contributed by atoms with E-state index in [1.165, 1.54) is 7.11 Å². The number of likely N-dealkylation sites (tertiary alicyclic amines) is 1. The summed E-state index contributed by atoms with van der Waals surface area (Å²) in [5, 5.41) is 0. The minimum absolute atomic E-state index is 0.000375. The second-order valence-electron chi connectivity index (χ2n) is 6.92. The maximum Gasteiger partial charge on any atom is 0.316 e. The molecule has 0 saturated carbocycles. The average molecular weight is 367 g/mol. The van der Waals surface area contributed by atoms with Crippen molar-refractivity contribution < 1.29 is 19.1 Å². The summed E-state index contributed by atoms with van der Waals surface area (Å²) in [5.74, 6) is 0.373. The SMILES string of the molecule is COC(=O)C1(c2ccccc2)CCN(C(=O)COc2ccc(C)cc2)CC1. The standard InChI is InChI=1S/C22H25NO4/c1-17-8-10-19(11-9-17)27-16-20(24)23-14-12-22(13-15-23,21(25)26-2)18-6-4-3-5-7-18/h3-11H,12-16H2,1-2H3. The molecule has 0 radical (unpaired) electrons. The van der Waals surface area contributed by atoms with Gasteiger partial charge in [0.25, 0.3) is 5.91 Å². The zero-order valence-corrected chi connectivity index (χ0v) is 15.8. The smallest absolute Gasteiger partial charge is 0.316 e. The van der Waals surface area contributed by atoms with Gasteiger partial charge in [-0.15, -0.1) is 0 Å². The van der Waals surface area contributed by atoms with Crippen LogP contribution in [0.1, 0.15) is 24.0 Å². The lowest BCUT2D eigenvalue weighted by Gasteiger charge is -2.40. The summed E-state index contributed by atoms with van der Waals surface area (Å²) >= 11 is 0. The largest absolute Gasteiger partial charge is 0.484 e. The van der Waals surface area contributed by atoms with Crippen LogP contribution in [0.5, 0.6) is 5.75 Å². The van der Waals surface area contributed by atoms with Gasteiger partial charge in [-0.1, -0.05) is 48.0 Å². The second-order valence-corrected chi connectivity index (χ2v) is 6.92. The van der Waals surface area contributed by atoms with E-state index in [1.807, 2.05) is 61.5 Å². The molecule has 142 valence electrons. The Bertz CT molecular complexity index is 778. The average Bonchev–Trinajstić information content (AvgIpc) is 2.73. The Labute approximate surface area is 159 Å². The fourth-order valence-corrected chi connectivity index (χ4v) is 3.57. The van der Waals surface area contributed by atoms with Crippen LogP contribution < -0.4 is 4.74 Å². The van der Waals surface area contributed by atoms with E-state index < -0.39 is 5.41 Å². The zero-order chi connectivity index (χ0) is 19.3. The quantitative estimate of drug-likeness (QED) is 0.762. The molecule has 1 amide bonds. The number of benzene rings is 2. The minimum atomic E-state index is -0.690. The molecule has 2 aromatic rings. The number of nitrogens with zero attached hydrogens (tertiary/aromatic N) is 1. The molecule has 5 heteroatoms. The number of carbonyl (C=O) groups is 2. The summed E-state index contributed by atoms with van der Waals surface area (Å²) in [6.45, 7) is 3.00. The predicted molar refractivity (Wildman–Crippen MR) is 103 cm³/mol. The van der Waals surface area contributed by atoms with Gasteiger partial charge in [-0.3, -0.25) is 9.59 Å². The fourth-order valence-electron chi connectivity index (χ4n) is 3.57. The molecule has 1 saturated heterocycles. The number of hydrogen-bond acceptors (Lipinski definition) is 4. The number of piperidine rings is 1. The van der Waals surface area contributed by atoms with E-state index in [4.69, 9.17) is 9.47 Å². The lowest BCUT2D eigenvalue weighted by Crippen LogP contribution is -2.50. The van der Waals surface area contributed by atoms with Crippen molar-refractivity contribution in [1.29, 1.82) is 0 Å². The van der Waals surface area contributed by atoms with Crippen LogP contribution in [0.2, 0.25) is 0 Å². The van der Waals surface area contributed by atoms with Crippen LogP contribution >= 0.6 is 0 Å². The molecular formula is C22H25NO4. The summed E-state index contributed by atoms with van der Waals surface area (Å²) in [4.78, 5) is 26.8. The Balaban J connectivity index is 1.63. The molecule has 27 heavy (non-hydrogen) atoms. The van der Waals surface area contributed by atoms with Gasteiger partial charge in [-0.05, 0) is 37.5 Å². The van der Waals surface area contributed by atoms with E-state index in [-0.39, 0.29) is 18.5 Å². The highest BCUT2D eigenvalue weighted by Crippen LogP contribution is 2.36. The summed E-state index contributed by atoms with van der Waals surface area (Å²) in [6, 6.07) is 17.3. The van der Waals surface area contributed by atoms with Crippen LogP contribution in [0.3, 0.4) is 0 Å². The fraction of sp³-hybridized carbons (Fsp3) is 0.364. The molecule has 0 aromatic heterocycles. The molecule has 1 aliphatic heterocycles. The van der Waals surface area contributed by atoms with Gasteiger partial charge in [0.15, 0.2) is 6.61 Å². The van der Waals surface area contributed by atoms with Gasteiger partial charge in [-0.2, -0.15) is 0 Å². The Hall–Kier alpha value is -2.82. The molecule has 0 spiro atoms. The summed E-state index contributed by atoms with van der Waals surface area (Å²) in [7, 11) is 1.42. The third kappa shape index (κ3) is 4.13. The first kappa shape index (κ1) is 19.0. The molecule has 0 aliphatic carbocycles. The first-order valence-electron chi connectivity index (χ1n) is 9.16. The summed E-state index contributed by atoms with van der Waals surface area (Å²) in [6.07, 6.45) is 1.08. The van der Waals surface area contributed by atoms with Crippen molar-refractivity contribution in [1.82, 2.24) is 4.90 Å². The first-order valence-corrected chi connectivity index (χ1v) is 9.16. The van der Waals surface area contributed by atoms with Crippen LogP contribution in [0.15, 0.2) is 54.6 Å². The molecule has 1 fully saturated rings. The topological polar surface area (TPSA) is 55.8 Å². The van der Waals surface area contributed by atoms with E-state index in [0.29, 0.717) is 31.7 Å². The molecule has 1 aliphatic rings. The number of esters is 1. The van der Waals surface area contributed by atoms with Gasteiger partial charge >= 0.3 is 5.97 Å². The highest BCUT2D eigenvalue weighted by molar-refractivity contribution is 5.84. The summed E-state index contributed by atoms with van der Waals surface area (Å²) in [5.41, 5.74) is 1.40. The van der Waals surface area contributed by atoms with Gasteiger partial charge in [0, 0.05) is 13.1 Å². The van der Waals surface area contributed by atoms with E-state index >= 15 is 0 Å². The van der Waals surface area contributed by atoms with Crippen LogP contribution in [0, 0.1) is 6.92 Å². The molecule has 2 aromatic carbocycles. The van der Waals surface area contributed by atoms with Crippen LogP contribution in [0.25, 0.3) is 0 Å². The van der Waals surface area contributed by atoms with Crippen molar-refractivity contribution in [3.8, 4) is 5.75 Å². The van der Waals surface area contributed by atoms with E-state index in [9.17, 15) is 9.59 Å². The van der Waals surface area contributed by atoms with E-state index in [2.05, 4.69) is 0 Å². The van der Waals surface area contributed by atoms with Gasteiger partial charge in [0.05, 0.1) is 12.5 Å². The lowest BCUT2D eigenvalue weighted by molar-refractivity contribution is -0.151. The lowest BCUT2D eigenvalue weighted by atomic mass is 9.72. The normalized spacial score (nSPS) is 15.9. The van der Waals surface area contributed by atoms with E-state index in [1.54, 1.807) is 4.90 Å². The number of ether oxygens (including phenoxy) is 2. The van der Waals surface area contributed by atoms with Crippen LogP contribution in [-0.2, 0) is 19.7 Å². The zero-order valence-electron chi connectivity index (χ0n) is 15.8. The maximum absolute atomic E-state index is 12.6. The van der Waals surface area contributed by atoms with Crippen LogP contribution in [-0.4, -0.2) is 43.6 Å². The molecule has 5 nitrogen and oxygen atoms in total. The van der Waals surface area contributed by atoms with Gasteiger partial charge < -0.3 is 14.4 Å². The molecule has 0 N–H and O–H groups in total.